The van der Waals surface area contributed by atoms with Crippen LogP contribution in [0.4, 0.5) is 0 Å². The summed E-state index contributed by atoms with van der Waals surface area (Å²) in [5.74, 6) is 5.98. The summed E-state index contributed by atoms with van der Waals surface area (Å²) in [6.45, 7) is 2.21. The van der Waals surface area contributed by atoms with Crippen LogP contribution in [-0.4, -0.2) is 40.1 Å². The number of rotatable bonds is 3. The summed E-state index contributed by atoms with van der Waals surface area (Å²) in [4.78, 5) is 35.0. The molecule has 1 aromatic carbocycles. The van der Waals surface area contributed by atoms with E-state index < -0.39 is 6.04 Å². The molecule has 29 heavy (non-hydrogen) atoms. The number of ether oxygens (including phenoxy) is 1. The summed E-state index contributed by atoms with van der Waals surface area (Å²) in [7, 11) is 0. The second-order valence-corrected chi connectivity index (χ2v) is 7.55. The topological polar surface area (TPSA) is 90.3 Å². The standard InChI is InChI=1S/C22H23N3O4/c1-14-21-15(5-3-13-29-17-9-7-16(26)8-10-17)4-2-6-18(21)25(24-14)19-11-12-20(27)23-22(19)28/h2,4,6,17,19H,7-13H2,1H3,(H,23,27,28). The number of aryl methyl sites for hydroxylation is 1. The number of aromatic nitrogens is 2. The molecule has 1 N–H and O–H groups in total. The maximum absolute atomic E-state index is 12.3. The van der Waals surface area contributed by atoms with Crippen LogP contribution in [0.25, 0.3) is 10.9 Å². The Labute approximate surface area is 168 Å². The van der Waals surface area contributed by atoms with E-state index in [1.165, 1.54) is 0 Å². The van der Waals surface area contributed by atoms with Gasteiger partial charge in [-0.1, -0.05) is 17.9 Å². The van der Waals surface area contributed by atoms with Gasteiger partial charge in [-0.15, -0.1) is 0 Å². The average molecular weight is 393 g/mol. The van der Waals surface area contributed by atoms with E-state index >= 15 is 0 Å². The molecule has 1 unspecified atom stereocenters. The normalized spacial score (nSPS) is 20.4. The number of nitrogens with one attached hydrogen (secondary N) is 1. The second kappa shape index (κ2) is 8.18. The fraction of sp³-hybridized carbons (Fsp3) is 0.455. The average Bonchev–Trinajstić information content (AvgIpc) is 3.04. The minimum Gasteiger partial charge on any atom is -0.366 e. The quantitative estimate of drug-likeness (QED) is 0.638. The molecular weight excluding hydrogens is 370 g/mol. The highest BCUT2D eigenvalue weighted by atomic mass is 16.5. The molecule has 2 aromatic rings. The summed E-state index contributed by atoms with van der Waals surface area (Å²) in [6.07, 6.45) is 3.58. The number of nitrogens with zero attached hydrogens (tertiary/aromatic N) is 2. The predicted octanol–water partition coefficient (Wildman–Crippen LogP) is 2.20. The van der Waals surface area contributed by atoms with Crippen molar-refractivity contribution in [1.82, 2.24) is 15.1 Å². The Morgan fingerprint density at radius 3 is 2.72 bits per heavy atom. The molecule has 4 rings (SSSR count). The number of amides is 2. The van der Waals surface area contributed by atoms with Gasteiger partial charge in [0.15, 0.2) is 0 Å². The van der Waals surface area contributed by atoms with E-state index in [9.17, 15) is 14.4 Å². The Bertz CT molecular complexity index is 1030. The molecule has 0 spiro atoms. The zero-order valence-electron chi connectivity index (χ0n) is 16.4. The Morgan fingerprint density at radius 1 is 1.17 bits per heavy atom. The summed E-state index contributed by atoms with van der Waals surface area (Å²) >= 11 is 0. The molecule has 2 aliphatic rings. The molecule has 2 fully saturated rings. The first-order valence-corrected chi connectivity index (χ1v) is 9.96. The van der Waals surface area contributed by atoms with Crippen molar-refractivity contribution in [2.75, 3.05) is 6.61 Å². The lowest BCUT2D eigenvalue weighted by molar-refractivity contribution is -0.135. The molecule has 1 saturated carbocycles. The number of ketones is 1. The third-order valence-corrected chi connectivity index (χ3v) is 5.52. The van der Waals surface area contributed by atoms with Crippen molar-refractivity contribution in [3.8, 4) is 11.8 Å². The number of piperidine rings is 1. The van der Waals surface area contributed by atoms with Gasteiger partial charge in [0.2, 0.25) is 5.91 Å². The van der Waals surface area contributed by atoms with Crippen molar-refractivity contribution in [3.63, 3.8) is 0 Å². The van der Waals surface area contributed by atoms with Gasteiger partial charge in [0.05, 0.1) is 17.3 Å². The van der Waals surface area contributed by atoms with Crippen molar-refractivity contribution in [1.29, 1.82) is 0 Å². The highest BCUT2D eigenvalue weighted by Crippen LogP contribution is 2.28. The van der Waals surface area contributed by atoms with Gasteiger partial charge in [0.25, 0.3) is 5.91 Å². The van der Waals surface area contributed by atoms with E-state index in [0.29, 0.717) is 38.1 Å². The highest BCUT2D eigenvalue weighted by molar-refractivity contribution is 6.00. The number of benzene rings is 1. The van der Waals surface area contributed by atoms with Crippen LogP contribution in [-0.2, 0) is 19.1 Å². The van der Waals surface area contributed by atoms with Gasteiger partial charge in [-0.05, 0) is 38.3 Å². The Kier molecular flexibility index (Phi) is 5.45. The maximum atomic E-state index is 12.3. The molecule has 1 saturated heterocycles. The van der Waals surface area contributed by atoms with Crippen LogP contribution >= 0.6 is 0 Å². The second-order valence-electron chi connectivity index (χ2n) is 7.55. The molecule has 0 radical (unpaired) electrons. The van der Waals surface area contributed by atoms with Crippen molar-refractivity contribution in [2.24, 2.45) is 0 Å². The van der Waals surface area contributed by atoms with Crippen molar-refractivity contribution >= 4 is 28.5 Å². The lowest BCUT2D eigenvalue weighted by Crippen LogP contribution is -2.42. The molecule has 1 aromatic heterocycles. The van der Waals surface area contributed by atoms with Gasteiger partial charge in [-0.25, -0.2) is 0 Å². The van der Waals surface area contributed by atoms with Crippen LogP contribution in [0.15, 0.2) is 18.2 Å². The molecule has 1 aliphatic carbocycles. The van der Waals surface area contributed by atoms with E-state index in [4.69, 9.17) is 4.74 Å². The number of hydrogen-bond acceptors (Lipinski definition) is 5. The molecular formula is C22H23N3O4. The molecule has 0 bridgehead atoms. The van der Waals surface area contributed by atoms with E-state index in [1.807, 2.05) is 25.1 Å². The fourth-order valence-electron chi connectivity index (χ4n) is 4.00. The van der Waals surface area contributed by atoms with Gasteiger partial charge in [0.1, 0.15) is 18.4 Å². The van der Waals surface area contributed by atoms with Crippen LogP contribution in [0.1, 0.15) is 55.8 Å². The molecule has 1 aliphatic heterocycles. The van der Waals surface area contributed by atoms with Crippen LogP contribution < -0.4 is 5.32 Å². The first kappa shape index (κ1) is 19.3. The first-order valence-electron chi connectivity index (χ1n) is 9.96. The zero-order valence-corrected chi connectivity index (χ0v) is 16.4. The monoisotopic (exact) mass is 393 g/mol. The largest absolute Gasteiger partial charge is 0.366 e. The van der Waals surface area contributed by atoms with Gasteiger partial charge in [-0.2, -0.15) is 5.10 Å². The Balaban J connectivity index is 1.53. The minimum absolute atomic E-state index is 0.106. The smallest absolute Gasteiger partial charge is 0.251 e. The third-order valence-electron chi connectivity index (χ3n) is 5.52. The molecule has 1 atom stereocenters. The first-order chi connectivity index (χ1) is 14.0. The SMILES string of the molecule is Cc1nn(C2CCC(=O)NC2=O)c2cccc(C#CCOC3CCC(=O)CC3)c12. The number of imide groups is 1. The Hall–Kier alpha value is -2.98. The van der Waals surface area contributed by atoms with Crippen LogP contribution in [0.5, 0.6) is 0 Å². The van der Waals surface area contributed by atoms with E-state index in [2.05, 4.69) is 22.3 Å². The molecule has 7 nitrogen and oxygen atoms in total. The third kappa shape index (κ3) is 4.08. The summed E-state index contributed by atoms with van der Waals surface area (Å²) in [5, 5.41) is 7.87. The van der Waals surface area contributed by atoms with Crippen molar-refractivity contribution < 1.29 is 19.1 Å². The molecule has 2 heterocycles. The van der Waals surface area contributed by atoms with E-state index in [0.717, 1.165) is 35.0 Å². The van der Waals surface area contributed by atoms with Crippen molar-refractivity contribution in [3.05, 3.63) is 29.5 Å². The number of carbonyl (C=O) groups is 3. The molecule has 2 amide bonds. The van der Waals surface area contributed by atoms with Crippen LogP contribution in [0, 0.1) is 18.8 Å². The van der Waals surface area contributed by atoms with Gasteiger partial charge >= 0.3 is 0 Å². The summed E-state index contributed by atoms with van der Waals surface area (Å²) < 4.78 is 7.49. The maximum Gasteiger partial charge on any atom is 0.251 e. The van der Waals surface area contributed by atoms with Gasteiger partial charge in [0, 0.05) is 30.2 Å². The Morgan fingerprint density at radius 2 is 1.97 bits per heavy atom. The predicted molar refractivity (Wildman–Crippen MR) is 106 cm³/mol. The zero-order chi connectivity index (χ0) is 20.4. The van der Waals surface area contributed by atoms with Crippen LogP contribution in [0.3, 0.4) is 0 Å². The number of Topliss-reactive ketones (excluding diaryl/α,β-unsaturated/α-hetero) is 1. The van der Waals surface area contributed by atoms with Gasteiger partial charge < -0.3 is 4.74 Å². The number of carbonyl (C=O) groups excluding carboxylic acids is 3. The van der Waals surface area contributed by atoms with E-state index in [-0.39, 0.29) is 17.9 Å². The van der Waals surface area contributed by atoms with Gasteiger partial charge in [-0.3, -0.25) is 24.4 Å². The highest BCUT2D eigenvalue weighted by Gasteiger charge is 2.30. The molecule has 7 heteroatoms. The lowest BCUT2D eigenvalue weighted by atomic mass is 9.97. The summed E-state index contributed by atoms with van der Waals surface area (Å²) in [6, 6.07) is 5.24. The summed E-state index contributed by atoms with van der Waals surface area (Å²) in [5.41, 5.74) is 2.46. The lowest BCUT2D eigenvalue weighted by Gasteiger charge is -2.21. The number of hydrogen-bond donors (Lipinski definition) is 1. The van der Waals surface area contributed by atoms with E-state index in [1.54, 1.807) is 4.68 Å². The minimum atomic E-state index is -0.496. The van der Waals surface area contributed by atoms with Crippen molar-refractivity contribution in [2.45, 2.75) is 57.6 Å². The van der Waals surface area contributed by atoms with Crippen LogP contribution in [0.2, 0.25) is 0 Å². The molecule has 150 valence electrons. The number of fused-ring (bicyclic) bond motifs is 1. The fourth-order valence-corrected chi connectivity index (χ4v) is 4.00.